The number of hydrogen-bond donors (Lipinski definition) is 1. The van der Waals surface area contributed by atoms with E-state index < -0.39 is 10.0 Å². The smallest absolute Gasteiger partial charge is 0.260 e. The first-order chi connectivity index (χ1) is 12.9. The molecular formula is C16H18N6O4S. The summed E-state index contributed by atoms with van der Waals surface area (Å²) in [5.41, 5.74) is 1.28. The highest BCUT2D eigenvalue weighted by atomic mass is 32.2. The van der Waals surface area contributed by atoms with Gasteiger partial charge >= 0.3 is 0 Å². The molecule has 4 rings (SSSR count). The van der Waals surface area contributed by atoms with Crippen LogP contribution < -0.4 is 10.0 Å². The molecule has 0 spiro atoms. The van der Waals surface area contributed by atoms with Gasteiger partial charge in [0, 0.05) is 38.2 Å². The van der Waals surface area contributed by atoms with Crippen LogP contribution in [0.2, 0.25) is 0 Å². The van der Waals surface area contributed by atoms with Crippen molar-refractivity contribution in [2.24, 2.45) is 12.2 Å². The van der Waals surface area contributed by atoms with Gasteiger partial charge in [0.2, 0.25) is 15.8 Å². The summed E-state index contributed by atoms with van der Waals surface area (Å²) < 4.78 is 36.2. The molecule has 1 fully saturated rings. The lowest BCUT2D eigenvalue weighted by Crippen LogP contribution is -2.36. The van der Waals surface area contributed by atoms with Crippen LogP contribution in [0, 0.1) is 0 Å². The van der Waals surface area contributed by atoms with E-state index in [1.165, 1.54) is 12.1 Å². The Morgan fingerprint density at radius 2 is 2.00 bits per heavy atom. The second-order valence-corrected chi connectivity index (χ2v) is 7.67. The molecule has 3 aromatic rings. The van der Waals surface area contributed by atoms with Crippen LogP contribution in [-0.4, -0.2) is 54.4 Å². The summed E-state index contributed by atoms with van der Waals surface area (Å²) in [6, 6.07) is 4.63. The summed E-state index contributed by atoms with van der Waals surface area (Å²) in [4.78, 5) is 10.7. The molecular weight excluding hydrogens is 372 g/mol. The molecule has 2 N–H and O–H groups in total. The Hall–Kier alpha value is -2.76. The SMILES string of the molecule is Cn1ccnc1-c1noc(-c2cc(S(N)(=O)=O)ccc2N2CCOCC2)n1. The van der Waals surface area contributed by atoms with Gasteiger partial charge in [-0.3, -0.25) is 0 Å². The number of primary sulfonamides is 1. The first-order valence-electron chi connectivity index (χ1n) is 8.25. The highest BCUT2D eigenvalue weighted by molar-refractivity contribution is 7.89. The van der Waals surface area contributed by atoms with Crippen LogP contribution in [0.5, 0.6) is 0 Å². The number of aryl methyl sites for hydroxylation is 1. The summed E-state index contributed by atoms with van der Waals surface area (Å²) in [7, 11) is -2.05. The van der Waals surface area contributed by atoms with E-state index in [4.69, 9.17) is 14.4 Å². The van der Waals surface area contributed by atoms with Gasteiger partial charge in [-0.25, -0.2) is 18.5 Å². The number of benzene rings is 1. The molecule has 1 saturated heterocycles. The summed E-state index contributed by atoms with van der Waals surface area (Å²) in [5, 5.41) is 9.27. The van der Waals surface area contributed by atoms with E-state index in [1.54, 1.807) is 23.0 Å². The van der Waals surface area contributed by atoms with Gasteiger partial charge in [0.15, 0.2) is 5.82 Å². The van der Waals surface area contributed by atoms with E-state index in [-0.39, 0.29) is 10.8 Å². The van der Waals surface area contributed by atoms with Crippen molar-refractivity contribution in [2.75, 3.05) is 31.2 Å². The Labute approximate surface area is 155 Å². The average Bonchev–Trinajstić information content (AvgIpc) is 3.30. The van der Waals surface area contributed by atoms with Gasteiger partial charge in [0.05, 0.1) is 23.7 Å². The highest BCUT2D eigenvalue weighted by Crippen LogP contribution is 2.33. The number of nitrogens with zero attached hydrogens (tertiary/aromatic N) is 5. The van der Waals surface area contributed by atoms with Crippen molar-refractivity contribution >= 4 is 15.7 Å². The number of anilines is 1. The molecule has 0 amide bonds. The van der Waals surface area contributed by atoms with E-state index in [0.29, 0.717) is 43.5 Å². The van der Waals surface area contributed by atoms with Crippen LogP contribution in [0.1, 0.15) is 0 Å². The Morgan fingerprint density at radius 1 is 1.22 bits per heavy atom. The fourth-order valence-electron chi connectivity index (χ4n) is 2.95. The molecule has 11 heteroatoms. The van der Waals surface area contributed by atoms with Gasteiger partial charge in [0.25, 0.3) is 5.89 Å². The Balaban J connectivity index is 1.82. The van der Waals surface area contributed by atoms with Gasteiger partial charge in [0.1, 0.15) is 0 Å². The Morgan fingerprint density at radius 3 is 2.67 bits per heavy atom. The lowest BCUT2D eigenvalue weighted by Gasteiger charge is -2.30. The molecule has 0 saturated carbocycles. The van der Waals surface area contributed by atoms with Crippen LogP contribution in [0.25, 0.3) is 23.1 Å². The minimum Gasteiger partial charge on any atom is -0.378 e. The molecule has 0 bridgehead atoms. The van der Waals surface area contributed by atoms with Crippen molar-refractivity contribution < 1.29 is 17.7 Å². The first-order valence-corrected chi connectivity index (χ1v) is 9.79. The van der Waals surface area contributed by atoms with E-state index in [2.05, 4.69) is 20.0 Å². The maximum Gasteiger partial charge on any atom is 0.260 e. The molecule has 1 aliphatic heterocycles. The quantitative estimate of drug-likeness (QED) is 0.686. The minimum atomic E-state index is -3.87. The van der Waals surface area contributed by atoms with Gasteiger partial charge in [-0.05, 0) is 18.2 Å². The lowest BCUT2D eigenvalue weighted by molar-refractivity contribution is 0.122. The van der Waals surface area contributed by atoms with E-state index >= 15 is 0 Å². The predicted octanol–water partition coefficient (Wildman–Crippen LogP) is 0.621. The van der Waals surface area contributed by atoms with Crippen molar-refractivity contribution in [1.29, 1.82) is 0 Å². The molecule has 0 unspecified atom stereocenters. The zero-order valence-corrected chi connectivity index (χ0v) is 15.4. The first kappa shape index (κ1) is 17.6. The summed E-state index contributed by atoms with van der Waals surface area (Å²) >= 11 is 0. The maximum atomic E-state index is 11.8. The standard InChI is InChI=1S/C16H18N6O4S/c1-21-5-4-18-15(21)14-19-16(26-20-14)12-10-11(27(17,23)24)2-3-13(12)22-6-8-25-9-7-22/h2-5,10H,6-9H2,1H3,(H2,17,23,24). The molecule has 142 valence electrons. The van der Waals surface area contributed by atoms with Gasteiger partial charge < -0.3 is 18.7 Å². The zero-order chi connectivity index (χ0) is 19.0. The number of nitrogens with two attached hydrogens (primary N) is 1. The topological polar surface area (TPSA) is 129 Å². The third-order valence-corrected chi connectivity index (χ3v) is 5.24. The van der Waals surface area contributed by atoms with Crippen molar-refractivity contribution in [3.63, 3.8) is 0 Å². The molecule has 2 aromatic heterocycles. The Kier molecular flexibility index (Phi) is 4.42. The zero-order valence-electron chi connectivity index (χ0n) is 14.6. The third-order valence-electron chi connectivity index (χ3n) is 4.33. The van der Waals surface area contributed by atoms with Gasteiger partial charge in [-0.15, -0.1) is 0 Å². The average molecular weight is 390 g/mol. The Bertz CT molecular complexity index is 1070. The summed E-state index contributed by atoms with van der Waals surface area (Å²) in [5.74, 6) is 1.05. The number of ether oxygens (including phenoxy) is 1. The van der Waals surface area contributed by atoms with Crippen LogP contribution in [-0.2, 0) is 21.8 Å². The molecule has 0 atom stereocenters. The van der Waals surface area contributed by atoms with Crippen LogP contribution in [0.4, 0.5) is 5.69 Å². The van der Waals surface area contributed by atoms with Crippen LogP contribution >= 0.6 is 0 Å². The van der Waals surface area contributed by atoms with E-state index in [9.17, 15) is 8.42 Å². The number of sulfonamides is 1. The largest absolute Gasteiger partial charge is 0.378 e. The number of morpholine rings is 1. The number of imidazole rings is 1. The lowest BCUT2D eigenvalue weighted by atomic mass is 10.1. The summed E-state index contributed by atoms with van der Waals surface area (Å²) in [6.45, 7) is 2.50. The van der Waals surface area contributed by atoms with E-state index in [1.807, 2.05) is 7.05 Å². The second kappa shape index (κ2) is 6.76. The molecule has 1 aliphatic rings. The van der Waals surface area contributed by atoms with Crippen molar-refractivity contribution in [3.8, 4) is 23.1 Å². The fourth-order valence-corrected chi connectivity index (χ4v) is 3.49. The van der Waals surface area contributed by atoms with Gasteiger partial charge in [-0.1, -0.05) is 5.16 Å². The molecule has 27 heavy (non-hydrogen) atoms. The molecule has 1 aromatic carbocycles. The fraction of sp³-hybridized carbons (Fsp3) is 0.312. The van der Waals surface area contributed by atoms with Crippen LogP contribution in [0.15, 0.2) is 40.0 Å². The van der Waals surface area contributed by atoms with Crippen molar-refractivity contribution in [1.82, 2.24) is 19.7 Å². The minimum absolute atomic E-state index is 0.0220. The predicted molar refractivity (Wildman–Crippen MR) is 96.3 cm³/mol. The van der Waals surface area contributed by atoms with E-state index in [0.717, 1.165) is 5.69 Å². The highest BCUT2D eigenvalue weighted by Gasteiger charge is 2.23. The molecule has 10 nitrogen and oxygen atoms in total. The van der Waals surface area contributed by atoms with Crippen LogP contribution in [0.3, 0.4) is 0 Å². The molecule has 0 radical (unpaired) electrons. The third kappa shape index (κ3) is 3.44. The van der Waals surface area contributed by atoms with Crippen molar-refractivity contribution in [2.45, 2.75) is 4.90 Å². The second-order valence-electron chi connectivity index (χ2n) is 6.11. The van der Waals surface area contributed by atoms with Crippen molar-refractivity contribution in [3.05, 3.63) is 30.6 Å². The monoisotopic (exact) mass is 390 g/mol. The molecule has 3 heterocycles. The van der Waals surface area contributed by atoms with Gasteiger partial charge in [-0.2, -0.15) is 4.98 Å². The maximum absolute atomic E-state index is 11.8. The number of aromatic nitrogens is 4. The molecule has 0 aliphatic carbocycles. The number of hydrogen-bond acceptors (Lipinski definition) is 8. The summed E-state index contributed by atoms with van der Waals surface area (Å²) in [6.07, 6.45) is 3.40. The number of rotatable bonds is 4. The normalized spacial score (nSPS) is 15.3.